The van der Waals surface area contributed by atoms with Crippen molar-refractivity contribution in [3.05, 3.63) is 35.1 Å². The van der Waals surface area contributed by atoms with Gasteiger partial charge in [0.2, 0.25) is 0 Å². The topological polar surface area (TPSA) is 46.3 Å². The third-order valence-corrected chi connectivity index (χ3v) is 3.85. The van der Waals surface area contributed by atoms with E-state index in [-0.39, 0.29) is 17.5 Å². The zero-order valence-electron chi connectivity index (χ0n) is 11.2. The van der Waals surface area contributed by atoms with Gasteiger partial charge in [0.1, 0.15) is 0 Å². The Balaban J connectivity index is 2.30. The van der Waals surface area contributed by atoms with Crippen LogP contribution in [0, 0.1) is 23.4 Å². The Morgan fingerprint density at radius 2 is 1.95 bits per heavy atom. The summed E-state index contributed by atoms with van der Waals surface area (Å²) in [5.74, 6) is -4.56. The molecular weight excluding hydrogens is 269 g/mol. The monoisotopic (exact) mass is 286 g/mol. The highest BCUT2D eigenvalue weighted by Gasteiger charge is 2.32. The van der Waals surface area contributed by atoms with Crippen LogP contribution in [0.4, 0.5) is 13.2 Å². The number of rotatable bonds is 2. The number of nitrogens with two attached hydrogens (primary N) is 1. The molecule has 0 radical (unpaired) electrons. The molecule has 6 heteroatoms. The van der Waals surface area contributed by atoms with Crippen molar-refractivity contribution in [3.63, 3.8) is 0 Å². The van der Waals surface area contributed by atoms with Crippen molar-refractivity contribution in [3.8, 4) is 0 Å². The number of nitrogens with zero attached hydrogens (tertiary/aromatic N) is 1. The predicted molar refractivity (Wildman–Crippen MR) is 68.6 cm³/mol. The van der Waals surface area contributed by atoms with Gasteiger partial charge in [-0.15, -0.1) is 0 Å². The van der Waals surface area contributed by atoms with Gasteiger partial charge in [-0.25, -0.2) is 13.2 Å². The number of carbonyl (C=O) groups is 1. The van der Waals surface area contributed by atoms with Gasteiger partial charge >= 0.3 is 0 Å². The Morgan fingerprint density at radius 1 is 1.35 bits per heavy atom. The SMILES string of the molecule is C[C@H]1CCCN(C(=O)c2cc(F)c(F)c(F)c2)[C@H]1CN. The number of amides is 1. The average molecular weight is 286 g/mol. The number of hydrogen-bond donors (Lipinski definition) is 1. The smallest absolute Gasteiger partial charge is 0.254 e. The van der Waals surface area contributed by atoms with Crippen molar-refractivity contribution >= 4 is 5.91 Å². The van der Waals surface area contributed by atoms with Gasteiger partial charge in [0.05, 0.1) is 0 Å². The first kappa shape index (κ1) is 14.8. The van der Waals surface area contributed by atoms with Crippen LogP contribution >= 0.6 is 0 Å². The van der Waals surface area contributed by atoms with Gasteiger partial charge in [0, 0.05) is 24.7 Å². The first-order valence-corrected chi connectivity index (χ1v) is 6.61. The van der Waals surface area contributed by atoms with Crippen LogP contribution in [0.3, 0.4) is 0 Å². The minimum atomic E-state index is -1.57. The van der Waals surface area contributed by atoms with Gasteiger partial charge in [-0.1, -0.05) is 6.92 Å². The molecule has 0 saturated carbocycles. The number of piperidine rings is 1. The molecule has 1 aromatic carbocycles. The fraction of sp³-hybridized carbons (Fsp3) is 0.500. The van der Waals surface area contributed by atoms with Gasteiger partial charge in [-0.2, -0.15) is 0 Å². The molecule has 1 aliphatic heterocycles. The molecule has 1 heterocycles. The van der Waals surface area contributed by atoms with E-state index in [1.165, 1.54) is 4.90 Å². The van der Waals surface area contributed by atoms with Crippen LogP contribution in [0.2, 0.25) is 0 Å². The van der Waals surface area contributed by atoms with E-state index < -0.39 is 23.4 Å². The molecule has 2 rings (SSSR count). The molecule has 1 amide bonds. The maximum atomic E-state index is 13.2. The van der Waals surface area contributed by atoms with E-state index in [2.05, 4.69) is 0 Å². The van der Waals surface area contributed by atoms with Gasteiger partial charge in [-0.3, -0.25) is 4.79 Å². The molecule has 3 nitrogen and oxygen atoms in total. The minimum Gasteiger partial charge on any atom is -0.334 e. The standard InChI is InChI=1S/C14H17F3N2O/c1-8-3-2-4-19(12(8)7-18)14(20)9-5-10(15)13(17)11(16)6-9/h5-6,8,12H,2-4,7,18H2,1H3/t8-,12-/m0/s1. The van der Waals surface area contributed by atoms with Crippen molar-refractivity contribution < 1.29 is 18.0 Å². The van der Waals surface area contributed by atoms with Crippen LogP contribution < -0.4 is 5.73 Å². The van der Waals surface area contributed by atoms with Crippen molar-refractivity contribution in [1.82, 2.24) is 4.90 Å². The Bertz CT molecular complexity index is 498. The van der Waals surface area contributed by atoms with Crippen molar-refractivity contribution in [2.45, 2.75) is 25.8 Å². The lowest BCUT2D eigenvalue weighted by Crippen LogP contribution is -2.51. The van der Waals surface area contributed by atoms with Gasteiger partial charge in [0.15, 0.2) is 17.5 Å². The van der Waals surface area contributed by atoms with Crippen LogP contribution in [0.5, 0.6) is 0 Å². The van der Waals surface area contributed by atoms with E-state index in [0.29, 0.717) is 13.1 Å². The Kier molecular flexibility index (Phi) is 4.32. The molecule has 110 valence electrons. The summed E-state index contributed by atoms with van der Waals surface area (Å²) in [6.45, 7) is 2.77. The highest BCUT2D eigenvalue weighted by molar-refractivity contribution is 5.94. The molecule has 0 aromatic heterocycles. The summed E-state index contributed by atoms with van der Waals surface area (Å²) in [4.78, 5) is 13.9. The molecule has 0 unspecified atom stereocenters. The molecule has 2 atom stereocenters. The Morgan fingerprint density at radius 3 is 2.50 bits per heavy atom. The molecule has 1 aromatic rings. The molecule has 0 aliphatic carbocycles. The highest BCUT2D eigenvalue weighted by atomic mass is 19.2. The summed E-state index contributed by atoms with van der Waals surface area (Å²) in [7, 11) is 0. The van der Waals surface area contributed by atoms with E-state index in [1.807, 2.05) is 6.92 Å². The van der Waals surface area contributed by atoms with E-state index in [1.54, 1.807) is 0 Å². The number of carbonyl (C=O) groups excluding carboxylic acids is 1. The summed E-state index contributed by atoms with van der Waals surface area (Å²) in [6, 6.07) is 1.30. The van der Waals surface area contributed by atoms with Crippen LogP contribution in [-0.4, -0.2) is 29.9 Å². The quantitative estimate of drug-likeness (QED) is 0.848. The number of benzene rings is 1. The zero-order valence-corrected chi connectivity index (χ0v) is 11.2. The van der Waals surface area contributed by atoms with E-state index in [0.717, 1.165) is 25.0 Å². The van der Waals surface area contributed by atoms with Crippen LogP contribution in [0.1, 0.15) is 30.1 Å². The second-order valence-electron chi connectivity index (χ2n) is 5.17. The van der Waals surface area contributed by atoms with Crippen LogP contribution in [0.25, 0.3) is 0 Å². The maximum Gasteiger partial charge on any atom is 0.254 e. The molecule has 2 N–H and O–H groups in total. The minimum absolute atomic E-state index is 0.160. The molecular formula is C14H17F3N2O. The van der Waals surface area contributed by atoms with E-state index in [9.17, 15) is 18.0 Å². The highest BCUT2D eigenvalue weighted by Crippen LogP contribution is 2.25. The van der Waals surface area contributed by atoms with Crippen LogP contribution in [0.15, 0.2) is 12.1 Å². The number of likely N-dealkylation sites (tertiary alicyclic amines) is 1. The number of hydrogen-bond acceptors (Lipinski definition) is 2. The Hall–Kier alpha value is -1.56. The second-order valence-corrected chi connectivity index (χ2v) is 5.17. The molecule has 1 aliphatic rings. The van der Waals surface area contributed by atoms with Gasteiger partial charge in [-0.05, 0) is 30.9 Å². The van der Waals surface area contributed by atoms with Crippen molar-refractivity contribution in [2.75, 3.05) is 13.1 Å². The summed E-state index contributed by atoms with van der Waals surface area (Å²) in [5.41, 5.74) is 5.50. The number of halogens is 3. The lowest BCUT2D eigenvalue weighted by molar-refractivity contribution is 0.0531. The summed E-state index contributed by atoms with van der Waals surface area (Å²) in [6.07, 6.45) is 1.77. The first-order chi connectivity index (χ1) is 9.45. The molecule has 1 saturated heterocycles. The molecule has 0 bridgehead atoms. The zero-order chi connectivity index (χ0) is 14.9. The van der Waals surface area contributed by atoms with E-state index >= 15 is 0 Å². The van der Waals surface area contributed by atoms with Crippen LogP contribution in [-0.2, 0) is 0 Å². The van der Waals surface area contributed by atoms with E-state index in [4.69, 9.17) is 5.73 Å². The summed E-state index contributed by atoms with van der Waals surface area (Å²) in [5, 5.41) is 0. The lowest BCUT2D eigenvalue weighted by Gasteiger charge is -2.39. The third kappa shape index (κ3) is 2.65. The maximum absolute atomic E-state index is 13.2. The lowest BCUT2D eigenvalue weighted by atomic mass is 9.90. The summed E-state index contributed by atoms with van der Waals surface area (Å²) < 4.78 is 39.4. The van der Waals surface area contributed by atoms with Gasteiger partial charge in [0.25, 0.3) is 5.91 Å². The second kappa shape index (κ2) is 5.83. The molecule has 0 spiro atoms. The van der Waals surface area contributed by atoms with Gasteiger partial charge < -0.3 is 10.6 Å². The third-order valence-electron chi connectivity index (χ3n) is 3.85. The fourth-order valence-corrected chi connectivity index (χ4v) is 2.71. The normalized spacial score (nSPS) is 22.9. The predicted octanol–water partition coefficient (Wildman–Crippen LogP) is 2.30. The fourth-order valence-electron chi connectivity index (χ4n) is 2.71. The van der Waals surface area contributed by atoms with Crippen molar-refractivity contribution in [2.24, 2.45) is 11.7 Å². The van der Waals surface area contributed by atoms with Crippen molar-refractivity contribution in [1.29, 1.82) is 0 Å². The largest absolute Gasteiger partial charge is 0.334 e. The summed E-state index contributed by atoms with van der Waals surface area (Å²) >= 11 is 0. The Labute approximate surface area is 115 Å². The first-order valence-electron chi connectivity index (χ1n) is 6.61. The molecule has 1 fully saturated rings. The average Bonchev–Trinajstić information content (AvgIpc) is 2.43. The molecule has 20 heavy (non-hydrogen) atoms.